The van der Waals surface area contributed by atoms with E-state index >= 15 is 0 Å². The number of carbonyl (C=O) groups is 1. The van der Waals surface area contributed by atoms with Gasteiger partial charge in [0.05, 0.1) is 11.6 Å². The van der Waals surface area contributed by atoms with E-state index in [2.05, 4.69) is 46.6 Å². The smallest absolute Gasteiger partial charge is 0.230 e. The lowest BCUT2D eigenvalue weighted by molar-refractivity contribution is -0.133. The molecule has 0 aliphatic carbocycles. The largest absolute Gasteiger partial charge is 0.333 e. The van der Waals surface area contributed by atoms with E-state index in [-0.39, 0.29) is 11.8 Å². The van der Waals surface area contributed by atoms with Gasteiger partial charge in [0.25, 0.3) is 0 Å². The molecule has 1 atom stereocenters. The van der Waals surface area contributed by atoms with E-state index in [9.17, 15) is 4.79 Å². The van der Waals surface area contributed by atoms with Crippen molar-refractivity contribution in [2.24, 2.45) is 0 Å². The van der Waals surface area contributed by atoms with Gasteiger partial charge in [0.15, 0.2) is 0 Å². The zero-order chi connectivity index (χ0) is 18.3. The number of rotatable bonds is 2. The van der Waals surface area contributed by atoms with Crippen LogP contribution in [0.4, 0.5) is 0 Å². The molecule has 1 aliphatic rings. The summed E-state index contributed by atoms with van der Waals surface area (Å²) in [4.78, 5) is 15.3. The highest BCUT2D eigenvalue weighted by Gasteiger charge is 2.28. The molecule has 26 heavy (non-hydrogen) atoms. The van der Waals surface area contributed by atoms with Gasteiger partial charge >= 0.3 is 0 Å². The van der Waals surface area contributed by atoms with Crippen molar-refractivity contribution in [3.8, 4) is 11.1 Å². The van der Waals surface area contributed by atoms with Crippen molar-refractivity contribution in [1.29, 1.82) is 0 Å². The molecule has 0 saturated carbocycles. The third-order valence-electron chi connectivity index (χ3n) is 5.35. The van der Waals surface area contributed by atoms with E-state index in [0.29, 0.717) is 13.1 Å². The molecule has 132 valence electrons. The second-order valence-corrected chi connectivity index (χ2v) is 7.08. The molecule has 2 aromatic carbocycles. The summed E-state index contributed by atoms with van der Waals surface area (Å²) in [6.45, 7) is 7.17. The molecule has 0 fully saturated rings. The normalized spacial score (nSPS) is 14.3. The average Bonchev–Trinajstić information content (AvgIpc) is 2.89. The summed E-state index contributed by atoms with van der Waals surface area (Å²) in [6, 6.07) is 16.8. The predicted molar refractivity (Wildman–Crippen MR) is 103 cm³/mol. The Kier molecular flexibility index (Phi) is 4.11. The Morgan fingerprint density at radius 3 is 2.04 bits per heavy atom. The highest BCUT2D eigenvalue weighted by Crippen LogP contribution is 2.34. The first-order valence-electron chi connectivity index (χ1n) is 9.02. The lowest BCUT2D eigenvalue weighted by Crippen LogP contribution is -2.33. The highest BCUT2D eigenvalue weighted by molar-refractivity contribution is 5.85. The van der Waals surface area contributed by atoms with Crippen LogP contribution in [0.5, 0.6) is 0 Å². The first-order chi connectivity index (χ1) is 12.6. The third-order valence-corrected chi connectivity index (χ3v) is 5.35. The predicted octanol–water partition coefficient (Wildman–Crippen LogP) is 4.34. The molecular formula is C22H23N3O. The molecule has 1 amide bonds. The summed E-state index contributed by atoms with van der Waals surface area (Å²) in [5.74, 6) is -0.0738. The average molecular weight is 345 g/mol. The van der Waals surface area contributed by atoms with Gasteiger partial charge in [-0.2, -0.15) is 5.10 Å². The summed E-state index contributed by atoms with van der Waals surface area (Å²) in [6.07, 6.45) is 0. The Balaban J connectivity index is 1.74. The van der Waals surface area contributed by atoms with Gasteiger partial charge in [-0.1, -0.05) is 48.5 Å². The SMILES string of the molecule is Cc1n[nH]c(C)c1[C@@H](C)C(=O)N1Cc2ccccc2-c2ccccc2C1. The topological polar surface area (TPSA) is 49.0 Å². The van der Waals surface area contributed by atoms with Crippen LogP contribution in [0.1, 0.15) is 40.9 Å². The minimum absolute atomic E-state index is 0.143. The van der Waals surface area contributed by atoms with E-state index in [1.165, 1.54) is 22.3 Å². The van der Waals surface area contributed by atoms with Crippen molar-refractivity contribution >= 4 is 5.91 Å². The maximum Gasteiger partial charge on any atom is 0.230 e. The molecule has 3 aromatic rings. The van der Waals surface area contributed by atoms with Gasteiger partial charge in [-0.05, 0) is 43.0 Å². The molecule has 1 aromatic heterocycles. The van der Waals surface area contributed by atoms with Crippen LogP contribution >= 0.6 is 0 Å². The fraction of sp³-hybridized carbons (Fsp3) is 0.273. The monoisotopic (exact) mass is 345 g/mol. The number of hydrogen-bond acceptors (Lipinski definition) is 2. The van der Waals surface area contributed by atoms with Crippen molar-refractivity contribution in [2.75, 3.05) is 0 Å². The van der Waals surface area contributed by atoms with Gasteiger partial charge in [0, 0.05) is 24.3 Å². The number of nitrogens with zero attached hydrogens (tertiary/aromatic N) is 2. The van der Waals surface area contributed by atoms with E-state index in [0.717, 1.165) is 17.0 Å². The molecule has 0 saturated heterocycles. The summed E-state index contributed by atoms with van der Waals surface area (Å²) in [5, 5.41) is 7.26. The quantitative estimate of drug-likeness (QED) is 0.751. The lowest BCUT2D eigenvalue weighted by Gasteiger charge is -2.25. The van der Waals surface area contributed by atoms with Crippen LogP contribution in [0, 0.1) is 13.8 Å². The number of benzene rings is 2. The zero-order valence-electron chi connectivity index (χ0n) is 15.4. The van der Waals surface area contributed by atoms with Gasteiger partial charge in [0.1, 0.15) is 0 Å². The van der Waals surface area contributed by atoms with Crippen molar-refractivity contribution in [1.82, 2.24) is 15.1 Å². The molecule has 0 spiro atoms. The lowest BCUT2D eigenvalue weighted by atomic mass is 9.97. The highest BCUT2D eigenvalue weighted by atomic mass is 16.2. The molecule has 0 unspecified atom stereocenters. The zero-order valence-corrected chi connectivity index (χ0v) is 15.4. The van der Waals surface area contributed by atoms with Crippen LogP contribution in [-0.2, 0) is 17.9 Å². The van der Waals surface area contributed by atoms with Gasteiger partial charge in [-0.25, -0.2) is 0 Å². The molecule has 4 heteroatoms. The summed E-state index contributed by atoms with van der Waals surface area (Å²) in [5.41, 5.74) is 7.72. The van der Waals surface area contributed by atoms with E-state index < -0.39 is 0 Å². The first-order valence-corrected chi connectivity index (χ1v) is 9.02. The minimum atomic E-state index is -0.217. The van der Waals surface area contributed by atoms with Crippen molar-refractivity contribution in [3.05, 3.63) is 76.6 Å². The van der Waals surface area contributed by atoms with Crippen LogP contribution in [0.2, 0.25) is 0 Å². The molecule has 1 N–H and O–H groups in total. The van der Waals surface area contributed by atoms with Crippen LogP contribution in [0.3, 0.4) is 0 Å². The Hall–Kier alpha value is -2.88. The third kappa shape index (κ3) is 2.71. The number of aromatic nitrogens is 2. The molecular weight excluding hydrogens is 322 g/mol. The van der Waals surface area contributed by atoms with Gasteiger partial charge in [-0.15, -0.1) is 0 Å². The second kappa shape index (κ2) is 6.45. The van der Waals surface area contributed by atoms with Crippen LogP contribution < -0.4 is 0 Å². The van der Waals surface area contributed by atoms with E-state index in [4.69, 9.17) is 0 Å². The number of nitrogens with one attached hydrogen (secondary N) is 1. The molecule has 2 heterocycles. The summed E-state index contributed by atoms with van der Waals surface area (Å²) < 4.78 is 0. The maximum atomic E-state index is 13.4. The molecule has 4 rings (SSSR count). The Labute approximate surface area is 153 Å². The van der Waals surface area contributed by atoms with Crippen molar-refractivity contribution in [2.45, 2.75) is 39.8 Å². The Morgan fingerprint density at radius 1 is 1.00 bits per heavy atom. The van der Waals surface area contributed by atoms with Crippen molar-refractivity contribution in [3.63, 3.8) is 0 Å². The minimum Gasteiger partial charge on any atom is -0.333 e. The van der Waals surface area contributed by atoms with E-state index in [1.54, 1.807) is 0 Å². The summed E-state index contributed by atoms with van der Waals surface area (Å²) >= 11 is 0. The van der Waals surface area contributed by atoms with Gasteiger partial charge < -0.3 is 4.90 Å². The van der Waals surface area contributed by atoms with Crippen LogP contribution in [-0.4, -0.2) is 21.0 Å². The fourth-order valence-corrected chi connectivity index (χ4v) is 4.06. The Morgan fingerprint density at radius 2 is 1.54 bits per heavy atom. The fourth-order valence-electron chi connectivity index (χ4n) is 4.06. The van der Waals surface area contributed by atoms with E-state index in [1.807, 2.05) is 37.8 Å². The number of aromatic amines is 1. The van der Waals surface area contributed by atoms with Crippen LogP contribution in [0.25, 0.3) is 11.1 Å². The number of hydrogen-bond donors (Lipinski definition) is 1. The van der Waals surface area contributed by atoms with Gasteiger partial charge in [0.2, 0.25) is 5.91 Å². The number of amides is 1. The number of fused-ring (bicyclic) bond motifs is 3. The first kappa shape index (κ1) is 16.6. The molecule has 0 bridgehead atoms. The molecule has 0 radical (unpaired) electrons. The molecule has 4 nitrogen and oxygen atoms in total. The standard InChI is InChI=1S/C22H23N3O/c1-14(21-15(2)23-24-16(21)3)22(26)25-12-17-8-4-6-10-19(17)20-11-7-5-9-18(20)13-25/h4-11,14H,12-13H2,1-3H3,(H,23,24)/t14-/m1/s1. The second-order valence-electron chi connectivity index (χ2n) is 7.08. The number of carbonyl (C=O) groups excluding carboxylic acids is 1. The molecule has 1 aliphatic heterocycles. The van der Waals surface area contributed by atoms with Gasteiger partial charge in [-0.3, -0.25) is 9.89 Å². The number of aryl methyl sites for hydroxylation is 2. The summed E-state index contributed by atoms with van der Waals surface area (Å²) in [7, 11) is 0. The number of H-pyrrole nitrogens is 1. The van der Waals surface area contributed by atoms with Crippen LogP contribution in [0.15, 0.2) is 48.5 Å². The van der Waals surface area contributed by atoms with Crippen molar-refractivity contribution < 1.29 is 4.79 Å². The maximum absolute atomic E-state index is 13.4. The Bertz CT molecular complexity index is 906.